The summed E-state index contributed by atoms with van der Waals surface area (Å²) in [6.45, 7) is 2.51. The Balaban J connectivity index is 1.55. The normalized spacial score (nSPS) is 12.3. The van der Waals surface area contributed by atoms with Gasteiger partial charge in [-0.3, -0.25) is 9.69 Å². The quantitative estimate of drug-likeness (QED) is 0.480. The molecule has 0 radical (unpaired) electrons. The average Bonchev–Trinajstić information content (AvgIpc) is 3.32. The Bertz CT molecular complexity index is 1260. The Hall–Kier alpha value is -3.85. The number of H-pyrrole nitrogens is 1. The number of rotatable bonds is 6. The van der Waals surface area contributed by atoms with Gasteiger partial charge in [0.25, 0.3) is 5.56 Å². The molecule has 9 heteroatoms. The maximum atomic E-state index is 12.5. The van der Waals surface area contributed by atoms with E-state index in [1.807, 2.05) is 31.3 Å². The Morgan fingerprint density at radius 2 is 2.00 bits per heavy atom. The van der Waals surface area contributed by atoms with Crippen LogP contribution in [0.15, 0.2) is 59.9 Å². The topological polar surface area (TPSA) is 106 Å². The first-order chi connectivity index (χ1) is 15.0. The van der Waals surface area contributed by atoms with Crippen molar-refractivity contribution in [1.29, 1.82) is 0 Å². The highest BCUT2D eigenvalue weighted by Crippen LogP contribution is 2.21. The minimum absolute atomic E-state index is 0.0761. The zero-order valence-electron chi connectivity index (χ0n) is 17.4. The van der Waals surface area contributed by atoms with E-state index < -0.39 is 5.97 Å². The average molecular weight is 418 g/mol. The standard InChI is InChI=1S/C22H22N6O3/c1-14(15-4-7-17(8-5-15)28-13-23-12-24-28)27(2)11-20-25-19-10-16(22(30)31-3)6-9-18(19)21(29)26-20/h4-10,12-14H,11H2,1-3H3,(H,25,26,29)/t14-/m0/s1. The number of aromatic nitrogens is 5. The molecule has 0 saturated carbocycles. The van der Waals surface area contributed by atoms with Gasteiger partial charge in [-0.1, -0.05) is 12.1 Å². The lowest BCUT2D eigenvalue weighted by Crippen LogP contribution is -2.25. The number of fused-ring (bicyclic) bond motifs is 1. The smallest absolute Gasteiger partial charge is 0.337 e. The molecule has 0 fully saturated rings. The van der Waals surface area contributed by atoms with Crippen molar-refractivity contribution in [2.75, 3.05) is 14.2 Å². The number of carbonyl (C=O) groups excluding carboxylic acids is 1. The van der Waals surface area contributed by atoms with Crippen LogP contribution >= 0.6 is 0 Å². The fraction of sp³-hybridized carbons (Fsp3) is 0.227. The number of hydrogen-bond donors (Lipinski definition) is 1. The molecule has 1 N–H and O–H groups in total. The lowest BCUT2D eigenvalue weighted by Gasteiger charge is -2.24. The highest BCUT2D eigenvalue weighted by atomic mass is 16.5. The molecule has 2 aromatic heterocycles. The van der Waals surface area contributed by atoms with E-state index in [0.29, 0.717) is 28.8 Å². The summed E-state index contributed by atoms with van der Waals surface area (Å²) < 4.78 is 6.45. The van der Waals surface area contributed by atoms with Gasteiger partial charge in [0.05, 0.1) is 35.8 Å². The predicted octanol–water partition coefficient (Wildman–Crippen LogP) is 2.48. The maximum absolute atomic E-state index is 12.5. The van der Waals surface area contributed by atoms with Crippen LogP contribution in [0.5, 0.6) is 0 Å². The van der Waals surface area contributed by atoms with Gasteiger partial charge in [-0.25, -0.2) is 19.4 Å². The van der Waals surface area contributed by atoms with E-state index in [0.717, 1.165) is 11.3 Å². The van der Waals surface area contributed by atoms with Crippen LogP contribution in [0.3, 0.4) is 0 Å². The van der Waals surface area contributed by atoms with Gasteiger partial charge >= 0.3 is 5.97 Å². The molecular formula is C22H22N6O3. The maximum Gasteiger partial charge on any atom is 0.337 e. The van der Waals surface area contributed by atoms with Crippen LogP contribution in [0.4, 0.5) is 0 Å². The molecule has 4 aromatic rings. The van der Waals surface area contributed by atoms with Crippen molar-refractivity contribution in [1.82, 2.24) is 29.6 Å². The molecule has 0 aliphatic rings. The van der Waals surface area contributed by atoms with Crippen molar-refractivity contribution in [3.8, 4) is 5.69 Å². The van der Waals surface area contributed by atoms with Gasteiger partial charge in [0.2, 0.25) is 0 Å². The molecule has 0 saturated heterocycles. The van der Waals surface area contributed by atoms with Crippen LogP contribution in [0, 0.1) is 0 Å². The lowest BCUT2D eigenvalue weighted by molar-refractivity contribution is 0.0601. The molecule has 31 heavy (non-hydrogen) atoms. The zero-order chi connectivity index (χ0) is 22.0. The van der Waals surface area contributed by atoms with Gasteiger partial charge in [0.1, 0.15) is 18.5 Å². The molecule has 0 unspecified atom stereocenters. The third kappa shape index (κ3) is 4.22. The molecule has 0 bridgehead atoms. The summed E-state index contributed by atoms with van der Waals surface area (Å²) in [5.41, 5.74) is 2.61. The molecular weight excluding hydrogens is 396 g/mol. The molecule has 0 aliphatic heterocycles. The minimum Gasteiger partial charge on any atom is -0.465 e. The summed E-state index contributed by atoms with van der Waals surface area (Å²) in [4.78, 5) is 37.7. The second-order valence-electron chi connectivity index (χ2n) is 7.26. The fourth-order valence-corrected chi connectivity index (χ4v) is 3.38. The minimum atomic E-state index is -0.467. The fourth-order valence-electron chi connectivity index (χ4n) is 3.38. The predicted molar refractivity (Wildman–Crippen MR) is 115 cm³/mol. The van der Waals surface area contributed by atoms with Crippen molar-refractivity contribution in [3.05, 3.63) is 82.4 Å². The summed E-state index contributed by atoms with van der Waals surface area (Å²) >= 11 is 0. The molecule has 0 spiro atoms. The van der Waals surface area contributed by atoms with Crippen molar-refractivity contribution in [3.63, 3.8) is 0 Å². The first-order valence-corrected chi connectivity index (χ1v) is 9.72. The molecule has 158 valence electrons. The second kappa shape index (κ2) is 8.49. The molecule has 0 aliphatic carbocycles. The van der Waals surface area contributed by atoms with E-state index in [1.54, 1.807) is 29.2 Å². The number of nitrogens with one attached hydrogen (secondary N) is 1. The van der Waals surface area contributed by atoms with Gasteiger partial charge in [-0.2, -0.15) is 5.10 Å². The summed E-state index contributed by atoms with van der Waals surface area (Å²) in [6, 6.07) is 12.8. The van der Waals surface area contributed by atoms with Gasteiger partial charge in [-0.15, -0.1) is 0 Å². The second-order valence-corrected chi connectivity index (χ2v) is 7.26. The highest BCUT2D eigenvalue weighted by molar-refractivity contribution is 5.93. The number of esters is 1. The van der Waals surface area contributed by atoms with E-state index in [1.165, 1.54) is 13.4 Å². The van der Waals surface area contributed by atoms with E-state index in [-0.39, 0.29) is 11.6 Å². The highest BCUT2D eigenvalue weighted by Gasteiger charge is 2.15. The zero-order valence-corrected chi connectivity index (χ0v) is 17.4. The molecule has 2 heterocycles. The van der Waals surface area contributed by atoms with Crippen molar-refractivity contribution in [2.24, 2.45) is 0 Å². The van der Waals surface area contributed by atoms with Crippen LogP contribution in [0.25, 0.3) is 16.6 Å². The van der Waals surface area contributed by atoms with Gasteiger partial charge in [-0.05, 0) is 49.9 Å². The van der Waals surface area contributed by atoms with Crippen molar-refractivity contribution >= 4 is 16.9 Å². The van der Waals surface area contributed by atoms with E-state index >= 15 is 0 Å². The Kier molecular flexibility index (Phi) is 5.59. The Morgan fingerprint density at radius 3 is 2.68 bits per heavy atom. The Labute approximate surface area is 178 Å². The van der Waals surface area contributed by atoms with E-state index in [2.05, 4.69) is 31.9 Å². The van der Waals surface area contributed by atoms with Crippen LogP contribution in [0.1, 0.15) is 34.7 Å². The number of benzene rings is 2. The van der Waals surface area contributed by atoms with Crippen molar-refractivity contribution in [2.45, 2.75) is 19.5 Å². The number of ether oxygens (including phenoxy) is 1. The summed E-state index contributed by atoms with van der Waals surface area (Å²) in [7, 11) is 3.28. The van der Waals surface area contributed by atoms with Crippen molar-refractivity contribution < 1.29 is 9.53 Å². The first kappa shape index (κ1) is 20.4. The largest absolute Gasteiger partial charge is 0.465 e. The molecule has 0 amide bonds. The van der Waals surface area contributed by atoms with Crippen LogP contribution in [0.2, 0.25) is 0 Å². The third-order valence-electron chi connectivity index (χ3n) is 5.30. The number of methoxy groups -OCH3 is 1. The lowest BCUT2D eigenvalue weighted by atomic mass is 10.1. The molecule has 2 aromatic carbocycles. The van der Waals surface area contributed by atoms with Crippen LogP contribution in [-0.4, -0.2) is 49.8 Å². The third-order valence-corrected chi connectivity index (χ3v) is 5.30. The summed E-state index contributed by atoms with van der Waals surface area (Å²) in [6.07, 6.45) is 3.15. The van der Waals surface area contributed by atoms with Crippen LogP contribution in [-0.2, 0) is 11.3 Å². The summed E-state index contributed by atoms with van der Waals surface area (Å²) in [5, 5.41) is 4.56. The van der Waals surface area contributed by atoms with Gasteiger partial charge in [0, 0.05) is 6.04 Å². The summed E-state index contributed by atoms with van der Waals surface area (Å²) in [5.74, 6) is 0.0544. The molecule has 9 nitrogen and oxygen atoms in total. The van der Waals surface area contributed by atoms with Gasteiger partial charge < -0.3 is 9.72 Å². The molecule has 4 rings (SSSR count). The Morgan fingerprint density at radius 1 is 1.23 bits per heavy atom. The number of nitrogens with zero attached hydrogens (tertiary/aromatic N) is 5. The van der Waals surface area contributed by atoms with Crippen LogP contribution < -0.4 is 5.56 Å². The number of hydrogen-bond acceptors (Lipinski definition) is 7. The van der Waals surface area contributed by atoms with Gasteiger partial charge in [0.15, 0.2) is 0 Å². The first-order valence-electron chi connectivity index (χ1n) is 9.72. The number of aromatic amines is 1. The van der Waals surface area contributed by atoms with E-state index in [4.69, 9.17) is 4.74 Å². The molecule has 1 atom stereocenters. The SMILES string of the molecule is COC(=O)c1ccc2c(=O)[nH]c(CN(C)[C@@H](C)c3ccc(-n4cncn4)cc3)nc2c1. The number of carbonyl (C=O) groups is 1. The monoisotopic (exact) mass is 418 g/mol. The van der Waals surface area contributed by atoms with E-state index in [9.17, 15) is 9.59 Å².